The van der Waals surface area contributed by atoms with E-state index < -0.39 is 28.6 Å². The van der Waals surface area contributed by atoms with Gasteiger partial charge in [-0.25, -0.2) is 0 Å². The summed E-state index contributed by atoms with van der Waals surface area (Å²) in [6, 6.07) is 0. The number of hydrogen-bond donors (Lipinski definition) is 6. The van der Waals surface area contributed by atoms with Gasteiger partial charge in [-0.15, -0.1) is 0 Å². The molecular weight excluding hydrogens is 1310 g/mol. The number of nitrogens with one attached hydrogen (secondary N) is 5. The van der Waals surface area contributed by atoms with Gasteiger partial charge in [-0.2, -0.15) is 0 Å². The van der Waals surface area contributed by atoms with Crippen molar-refractivity contribution in [2.24, 2.45) is 22.3 Å². The van der Waals surface area contributed by atoms with Gasteiger partial charge in [-0.05, 0) is 57.8 Å². The summed E-state index contributed by atoms with van der Waals surface area (Å²) >= 11 is 0. The van der Waals surface area contributed by atoms with Gasteiger partial charge in [-0.3, -0.25) is 33.6 Å². The molecule has 434 valence electrons. The second-order valence-electron chi connectivity index (χ2n) is 17.2. The minimum absolute atomic E-state index is 0. The fourth-order valence-electron chi connectivity index (χ4n) is 6.14. The first kappa shape index (κ1) is 79.9. The second kappa shape index (κ2) is 54.8. The molecule has 0 spiro atoms. The number of ketones is 1. The number of amides is 7. The van der Waals surface area contributed by atoms with Crippen LogP contribution in [0.25, 0.3) is 5.73 Å². The van der Waals surface area contributed by atoms with E-state index in [1.807, 2.05) is 0 Å². The van der Waals surface area contributed by atoms with Crippen LogP contribution in [0.2, 0.25) is 0 Å². The fourth-order valence-corrected chi connectivity index (χ4v) is 6.14. The van der Waals surface area contributed by atoms with E-state index in [4.69, 9.17) is 55.1 Å². The molecule has 0 saturated carbocycles. The largest absolute Gasteiger partial charge is 0.668 e. The van der Waals surface area contributed by atoms with Crippen molar-refractivity contribution >= 4 is 47.1 Å². The number of nitrogens with two attached hydrogens (primary N) is 2. The Hall–Kier alpha value is -2.98. The number of primary amides is 2. The van der Waals surface area contributed by atoms with E-state index in [2.05, 4.69) is 21.3 Å². The number of ether oxygens (including phenoxy) is 8. The standard InChI is InChI=1S/C28H54N4O8.C20H37N3O8.CH4.2W/c1-30-25(34)13-5-9-17-38-21-28(20-37-16-8-4-12-24(29)33,22-39-18-10-6-14-26(35)31-2)23-40-19-11-7-15-27(36)32-3;1-3-16(24)4-8-28-12-20(13-29-9-5-17(21)25,14-30-10-6-18(22)26)15-31-11-7-19(27)23-2;;;/h4-23H2,1-3H3,(H5,29,30,31,32,33,34,35,36);3-15H2,1-2H3,(H2,21,25)(H2,22,26)(H,23,27);1H4;;/p-1. The maximum atomic E-state index is 11.5. The van der Waals surface area contributed by atoms with Crippen LogP contribution in [0, 0.1) is 10.8 Å². The minimum Gasteiger partial charge on any atom is -0.668 e. The van der Waals surface area contributed by atoms with Crippen molar-refractivity contribution in [3.05, 3.63) is 5.73 Å². The molecule has 0 saturated heterocycles. The number of rotatable bonds is 49. The van der Waals surface area contributed by atoms with Crippen molar-refractivity contribution in [1.29, 1.82) is 0 Å². The molecule has 0 aliphatic rings. The molecule has 0 unspecified atom stereocenters. The Morgan fingerprint density at radius 2 is 0.622 bits per heavy atom. The third kappa shape index (κ3) is 51.1. The summed E-state index contributed by atoms with van der Waals surface area (Å²) in [5, 5.41) is 10.4. The third-order valence-electron chi connectivity index (χ3n) is 10.5. The van der Waals surface area contributed by atoms with Gasteiger partial charge in [0, 0.05) is 154 Å². The molecule has 0 fully saturated rings. The van der Waals surface area contributed by atoms with Gasteiger partial charge in [0.2, 0.25) is 35.4 Å². The summed E-state index contributed by atoms with van der Waals surface area (Å²) in [7, 11) is 6.40. The van der Waals surface area contributed by atoms with Gasteiger partial charge in [0.25, 0.3) is 0 Å². The third-order valence-corrected chi connectivity index (χ3v) is 10.5. The summed E-state index contributed by atoms with van der Waals surface area (Å²) in [5.41, 5.74) is 16.0. The summed E-state index contributed by atoms with van der Waals surface area (Å²) in [5.74, 6) is -1.61. The van der Waals surface area contributed by atoms with E-state index in [-0.39, 0.29) is 164 Å². The van der Waals surface area contributed by atoms with Crippen molar-refractivity contribution in [2.75, 3.05) is 134 Å². The second-order valence-corrected chi connectivity index (χ2v) is 17.2. The van der Waals surface area contributed by atoms with Gasteiger partial charge < -0.3 is 81.2 Å². The molecule has 0 heterocycles. The van der Waals surface area contributed by atoms with Crippen LogP contribution in [0.3, 0.4) is 0 Å². The van der Waals surface area contributed by atoms with Gasteiger partial charge in [0.15, 0.2) is 0 Å². The van der Waals surface area contributed by atoms with Crippen molar-refractivity contribution in [2.45, 2.75) is 124 Å². The zero-order valence-corrected chi connectivity index (χ0v) is 50.2. The van der Waals surface area contributed by atoms with Crippen LogP contribution in [0.5, 0.6) is 0 Å². The molecule has 0 aliphatic heterocycles. The van der Waals surface area contributed by atoms with E-state index in [1.165, 1.54) is 7.05 Å². The molecule has 23 nitrogen and oxygen atoms in total. The first-order valence-corrected chi connectivity index (χ1v) is 24.8. The maximum Gasteiger partial charge on any atom is 0.222 e. The van der Waals surface area contributed by atoms with E-state index in [0.29, 0.717) is 91.4 Å². The van der Waals surface area contributed by atoms with Crippen LogP contribution in [-0.2, 0) is 118 Å². The summed E-state index contributed by atoms with van der Waals surface area (Å²) in [4.78, 5) is 90.1. The van der Waals surface area contributed by atoms with Crippen LogP contribution in [-0.4, -0.2) is 181 Å². The fraction of sp³-hybridized carbons (Fsp3) is 0.837. The van der Waals surface area contributed by atoms with E-state index in [9.17, 15) is 38.4 Å². The number of carbonyl (C=O) groups is 8. The summed E-state index contributed by atoms with van der Waals surface area (Å²) in [6.45, 7) is 6.23. The molecule has 0 rings (SSSR count). The molecule has 0 atom stereocenters. The van der Waals surface area contributed by atoms with Crippen LogP contribution in [0.1, 0.15) is 124 Å². The zero-order valence-electron chi connectivity index (χ0n) is 44.3. The molecule has 74 heavy (non-hydrogen) atoms. The molecule has 25 heteroatoms. The predicted octanol–water partition coefficient (Wildman–Crippen LogP) is 2.46. The Morgan fingerprint density at radius 1 is 0.378 bits per heavy atom. The molecular formula is C49H94N7O16W2-. The van der Waals surface area contributed by atoms with Crippen molar-refractivity contribution in [3.8, 4) is 0 Å². The van der Waals surface area contributed by atoms with Crippen LogP contribution in [0.4, 0.5) is 0 Å². The van der Waals surface area contributed by atoms with Crippen molar-refractivity contribution in [3.63, 3.8) is 0 Å². The zero-order chi connectivity index (χ0) is 53.4. The SMILES string of the molecule is C.CCC(=O)CCOCC(COCCC(N)=O)(COCCC(N)=O)COCCC(=O)NC.CNC(=O)CCCCOCC(COCCCCC([NH-])=O)(COCCCCC(=O)NC)COCCCCC(=O)NC.[W].[W]. The van der Waals surface area contributed by atoms with E-state index in [1.54, 1.807) is 28.1 Å². The van der Waals surface area contributed by atoms with Crippen molar-refractivity contribution in [1.82, 2.24) is 21.3 Å². The number of hydrogen-bond acceptors (Lipinski definition) is 16. The molecule has 0 aliphatic carbocycles. The molecule has 9 N–H and O–H groups in total. The first-order chi connectivity index (χ1) is 34.0. The summed E-state index contributed by atoms with van der Waals surface area (Å²) < 4.78 is 46.7. The normalized spacial score (nSPS) is 10.8. The number of carbonyl (C=O) groups excluding carboxylic acids is 8. The quantitative estimate of drug-likeness (QED) is 0.0477. The van der Waals surface area contributed by atoms with Crippen LogP contribution >= 0.6 is 0 Å². The van der Waals surface area contributed by atoms with Crippen LogP contribution < -0.4 is 32.7 Å². The monoisotopic (exact) mass is 1400 g/mol. The van der Waals surface area contributed by atoms with Gasteiger partial charge in [-0.1, -0.05) is 14.4 Å². The number of Topliss-reactive ketones (excluding diaryl/α,β-unsaturated/α-hetero) is 1. The Kier molecular flexibility index (Phi) is 59.2. The average Bonchev–Trinajstić information content (AvgIpc) is 3.35. The Labute approximate surface area is 469 Å². The Balaban J connectivity index is -0.000000424. The van der Waals surface area contributed by atoms with Gasteiger partial charge in [0.1, 0.15) is 5.78 Å². The number of unbranched alkanes of at least 4 members (excludes halogenated alkanes) is 4. The average molecular weight is 1410 g/mol. The first-order valence-electron chi connectivity index (χ1n) is 24.8. The molecule has 0 radical (unpaired) electrons. The Morgan fingerprint density at radius 3 is 0.878 bits per heavy atom. The molecule has 0 aromatic heterocycles. The maximum absolute atomic E-state index is 11.5. The molecule has 0 aromatic rings. The van der Waals surface area contributed by atoms with E-state index in [0.717, 1.165) is 38.5 Å². The van der Waals surface area contributed by atoms with Crippen molar-refractivity contribution < 1.29 is 118 Å². The molecule has 0 bridgehead atoms. The minimum atomic E-state index is -0.784. The molecule has 7 amide bonds. The predicted molar refractivity (Wildman–Crippen MR) is 271 cm³/mol. The van der Waals surface area contributed by atoms with Gasteiger partial charge in [0.05, 0.1) is 90.1 Å². The Bertz CT molecular complexity index is 1360. The summed E-state index contributed by atoms with van der Waals surface area (Å²) in [6.07, 6.45) is 8.25. The van der Waals surface area contributed by atoms with E-state index >= 15 is 0 Å². The van der Waals surface area contributed by atoms with Gasteiger partial charge >= 0.3 is 0 Å². The topological polar surface area (TPSA) is 334 Å². The smallest absolute Gasteiger partial charge is 0.222 e. The molecule has 0 aromatic carbocycles. The van der Waals surface area contributed by atoms with Crippen LogP contribution in [0.15, 0.2) is 0 Å².